The Balaban J connectivity index is 2.07. The molecule has 0 aromatic heterocycles. The molecule has 1 aromatic carbocycles. The van der Waals surface area contributed by atoms with Crippen molar-refractivity contribution in [3.63, 3.8) is 0 Å². The zero-order valence-corrected chi connectivity index (χ0v) is 11.4. The molecule has 18 heavy (non-hydrogen) atoms. The summed E-state index contributed by atoms with van der Waals surface area (Å²) in [5, 5.41) is 3.57. The summed E-state index contributed by atoms with van der Waals surface area (Å²) in [5.41, 5.74) is 7.92. The fourth-order valence-electron chi connectivity index (χ4n) is 2.57. The highest BCUT2D eigenvalue weighted by Gasteiger charge is 2.23. The number of nitrogen functional groups attached to an aromatic ring is 1. The van der Waals surface area contributed by atoms with Crippen LogP contribution in [0.3, 0.4) is 0 Å². The number of anilines is 2. The maximum Gasteiger partial charge on any atom is 0.144 e. The summed E-state index contributed by atoms with van der Waals surface area (Å²) in [5.74, 6) is 1.53. The van der Waals surface area contributed by atoms with Gasteiger partial charge in [-0.2, -0.15) is 0 Å². The van der Waals surface area contributed by atoms with E-state index in [0.717, 1.165) is 29.5 Å². The number of ether oxygens (including phenoxy) is 1. The lowest BCUT2D eigenvalue weighted by molar-refractivity contribution is 0.319. The van der Waals surface area contributed by atoms with Gasteiger partial charge in [0.2, 0.25) is 0 Å². The lowest BCUT2D eigenvalue weighted by Crippen LogP contribution is -2.22. The molecule has 3 nitrogen and oxygen atoms in total. The lowest BCUT2D eigenvalue weighted by atomic mass is 10.1. The van der Waals surface area contributed by atoms with E-state index in [0.29, 0.717) is 12.6 Å². The third-order valence-corrected chi connectivity index (χ3v) is 3.73. The molecule has 2 unspecified atom stereocenters. The third-order valence-electron chi connectivity index (χ3n) is 3.73. The number of hydrogen-bond acceptors (Lipinski definition) is 3. The highest BCUT2D eigenvalue weighted by Crippen LogP contribution is 2.34. The Kier molecular flexibility index (Phi) is 4.34. The van der Waals surface area contributed by atoms with Gasteiger partial charge in [0.05, 0.1) is 18.0 Å². The van der Waals surface area contributed by atoms with Crippen LogP contribution < -0.4 is 15.8 Å². The molecule has 0 heterocycles. The third kappa shape index (κ3) is 2.89. The molecule has 0 radical (unpaired) electrons. The van der Waals surface area contributed by atoms with Crippen molar-refractivity contribution in [2.75, 3.05) is 17.7 Å². The van der Waals surface area contributed by atoms with Gasteiger partial charge in [0, 0.05) is 6.04 Å². The minimum Gasteiger partial charge on any atom is -0.491 e. The summed E-state index contributed by atoms with van der Waals surface area (Å²) in [4.78, 5) is 0. The van der Waals surface area contributed by atoms with Gasteiger partial charge in [-0.15, -0.1) is 0 Å². The first kappa shape index (κ1) is 13.1. The predicted molar refractivity (Wildman–Crippen MR) is 77.1 cm³/mol. The van der Waals surface area contributed by atoms with Crippen LogP contribution >= 0.6 is 0 Å². The molecule has 100 valence electrons. The van der Waals surface area contributed by atoms with Crippen LogP contribution in [-0.2, 0) is 0 Å². The van der Waals surface area contributed by atoms with Gasteiger partial charge in [-0.1, -0.05) is 26.3 Å². The van der Waals surface area contributed by atoms with E-state index >= 15 is 0 Å². The summed E-state index contributed by atoms with van der Waals surface area (Å²) in [6.07, 6.45) is 4.85. The van der Waals surface area contributed by atoms with Crippen molar-refractivity contribution in [1.29, 1.82) is 0 Å². The number of nitrogens with two attached hydrogens (primary N) is 1. The molecule has 3 N–H and O–H groups in total. The minimum absolute atomic E-state index is 0.550. The Hall–Kier alpha value is -1.38. The minimum atomic E-state index is 0.550. The molecule has 1 aliphatic rings. The van der Waals surface area contributed by atoms with Crippen molar-refractivity contribution in [1.82, 2.24) is 0 Å². The Morgan fingerprint density at radius 1 is 1.39 bits per heavy atom. The molecule has 2 rings (SSSR count). The van der Waals surface area contributed by atoms with Crippen molar-refractivity contribution < 1.29 is 4.74 Å². The van der Waals surface area contributed by atoms with Gasteiger partial charge in [0.25, 0.3) is 0 Å². The van der Waals surface area contributed by atoms with Crippen molar-refractivity contribution in [3.8, 4) is 5.75 Å². The standard InChI is InChI=1S/C15H24N2O/c1-3-10-18-14-9-5-8-13(15(14)16)17-12-7-4-6-11(12)2/h5,8-9,11-12,17H,3-4,6-7,10,16H2,1-2H3. The smallest absolute Gasteiger partial charge is 0.144 e. The zero-order chi connectivity index (χ0) is 13.0. The van der Waals surface area contributed by atoms with Gasteiger partial charge < -0.3 is 15.8 Å². The quantitative estimate of drug-likeness (QED) is 0.782. The first-order chi connectivity index (χ1) is 8.72. The van der Waals surface area contributed by atoms with E-state index in [1.54, 1.807) is 0 Å². The van der Waals surface area contributed by atoms with Gasteiger partial charge in [-0.25, -0.2) is 0 Å². The largest absolute Gasteiger partial charge is 0.491 e. The normalized spacial score (nSPS) is 23.0. The Labute approximate surface area is 110 Å². The zero-order valence-electron chi connectivity index (χ0n) is 11.4. The van der Waals surface area contributed by atoms with E-state index in [-0.39, 0.29) is 0 Å². The molecule has 3 heteroatoms. The van der Waals surface area contributed by atoms with Gasteiger partial charge >= 0.3 is 0 Å². The van der Waals surface area contributed by atoms with Crippen molar-refractivity contribution >= 4 is 11.4 Å². The molecular weight excluding hydrogens is 224 g/mol. The number of nitrogens with one attached hydrogen (secondary N) is 1. The summed E-state index contributed by atoms with van der Waals surface area (Å²) in [6, 6.07) is 6.53. The number of hydrogen-bond donors (Lipinski definition) is 2. The highest BCUT2D eigenvalue weighted by atomic mass is 16.5. The summed E-state index contributed by atoms with van der Waals surface area (Å²) in [7, 11) is 0. The van der Waals surface area contributed by atoms with Crippen LogP contribution in [0.25, 0.3) is 0 Å². The average molecular weight is 248 g/mol. The predicted octanol–water partition coefficient (Wildman–Crippen LogP) is 3.66. The molecule has 1 fully saturated rings. The van der Waals surface area contributed by atoms with Crippen molar-refractivity contribution in [3.05, 3.63) is 18.2 Å². The maximum absolute atomic E-state index is 6.16. The van der Waals surface area contributed by atoms with E-state index < -0.39 is 0 Å². The summed E-state index contributed by atoms with van der Waals surface area (Å²) in [6.45, 7) is 5.12. The first-order valence-corrected chi connectivity index (χ1v) is 7.00. The summed E-state index contributed by atoms with van der Waals surface area (Å²) < 4.78 is 5.65. The van der Waals surface area contributed by atoms with Crippen LogP contribution in [0.1, 0.15) is 39.5 Å². The van der Waals surface area contributed by atoms with Crippen LogP contribution in [0.15, 0.2) is 18.2 Å². The fraction of sp³-hybridized carbons (Fsp3) is 0.600. The van der Waals surface area contributed by atoms with Gasteiger partial charge in [-0.05, 0) is 37.3 Å². The maximum atomic E-state index is 6.16. The van der Waals surface area contributed by atoms with E-state index in [4.69, 9.17) is 10.5 Å². The van der Waals surface area contributed by atoms with Crippen LogP contribution in [0.4, 0.5) is 11.4 Å². The SMILES string of the molecule is CCCOc1cccc(NC2CCCC2C)c1N. The van der Waals surface area contributed by atoms with Crippen LogP contribution in [-0.4, -0.2) is 12.6 Å². The molecule has 1 saturated carbocycles. The fourth-order valence-corrected chi connectivity index (χ4v) is 2.57. The van der Waals surface area contributed by atoms with Crippen LogP contribution in [0.2, 0.25) is 0 Å². The lowest BCUT2D eigenvalue weighted by Gasteiger charge is -2.21. The second-order valence-corrected chi connectivity index (χ2v) is 5.22. The van der Waals surface area contributed by atoms with Gasteiger partial charge in [0.15, 0.2) is 0 Å². The summed E-state index contributed by atoms with van der Waals surface area (Å²) >= 11 is 0. The molecule has 0 spiro atoms. The Morgan fingerprint density at radius 2 is 2.22 bits per heavy atom. The Bertz CT molecular complexity index is 392. The second kappa shape index (κ2) is 5.98. The molecule has 1 aliphatic carbocycles. The molecule has 0 bridgehead atoms. The molecule has 0 amide bonds. The number of rotatable bonds is 5. The van der Waals surface area contributed by atoms with Gasteiger partial charge in [0.1, 0.15) is 5.75 Å². The molecule has 1 aromatic rings. The number of benzene rings is 1. The second-order valence-electron chi connectivity index (χ2n) is 5.22. The van der Waals surface area contributed by atoms with Crippen LogP contribution in [0, 0.1) is 5.92 Å². The molecular formula is C15H24N2O. The van der Waals surface area contributed by atoms with Crippen molar-refractivity contribution in [2.24, 2.45) is 5.92 Å². The van der Waals surface area contributed by atoms with E-state index in [9.17, 15) is 0 Å². The number of para-hydroxylation sites is 1. The van der Waals surface area contributed by atoms with Gasteiger partial charge in [-0.3, -0.25) is 0 Å². The van der Waals surface area contributed by atoms with Crippen molar-refractivity contribution in [2.45, 2.75) is 45.6 Å². The molecule has 0 aliphatic heterocycles. The first-order valence-electron chi connectivity index (χ1n) is 7.00. The highest BCUT2D eigenvalue weighted by molar-refractivity contribution is 5.73. The van der Waals surface area contributed by atoms with Crippen LogP contribution in [0.5, 0.6) is 5.75 Å². The average Bonchev–Trinajstić information content (AvgIpc) is 2.76. The molecule has 0 saturated heterocycles. The molecule has 2 atom stereocenters. The topological polar surface area (TPSA) is 47.3 Å². The van der Waals surface area contributed by atoms with E-state index in [2.05, 4.69) is 19.2 Å². The Morgan fingerprint density at radius 3 is 2.89 bits per heavy atom. The monoisotopic (exact) mass is 248 g/mol. The van der Waals surface area contributed by atoms with E-state index in [1.807, 2.05) is 18.2 Å². The van der Waals surface area contributed by atoms with E-state index in [1.165, 1.54) is 19.3 Å².